The van der Waals surface area contributed by atoms with Crippen LogP contribution in [0, 0.1) is 0 Å². The maximum absolute atomic E-state index is 5.66. The summed E-state index contributed by atoms with van der Waals surface area (Å²) in [6.07, 6.45) is 0. The topological polar surface area (TPSA) is 18.5 Å². The van der Waals surface area contributed by atoms with Gasteiger partial charge in [-0.2, -0.15) is 0 Å². The van der Waals surface area contributed by atoms with E-state index in [0.29, 0.717) is 0 Å². The SMILES string of the molecule is CCO[Si](C)(OC)C(C)(C)C. The minimum absolute atomic E-state index is 0.151. The van der Waals surface area contributed by atoms with Crippen molar-refractivity contribution in [3.8, 4) is 0 Å². The normalized spacial score (nSPS) is 18.0. The summed E-state index contributed by atoms with van der Waals surface area (Å²) in [5, 5.41) is 0.151. The average molecular weight is 176 g/mol. The minimum Gasteiger partial charge on any atom is -0.397 e. The average Bonchev–Trinajstić information content (AvgIpc) is 1.86. The van der Waals surface area contributed by atoms with Gasteiger partial charge in [-0.25, -0.2) is 0 Å². The molecule has 0 aromatic carbocycles. The summed E-state index contributed by atoms with van der Waals surface area (Å²) in [7, 11) is -0.182. The highest BCUT2D eigenvalue weighted by Gasteiger charge is 2.43. The zero-order chi connectivity index (χ0) is 9.12. The summed E-state index contributed by atoms with van der Waals surface area (Å²) in [6.45, 7) is 11.4. The second-order valence-electron chi connectivity index (χ2n) is 3.83. The van der Waals surface area contributed by atoms with Crippen molar-refractivity contribution in [2.75, 3.05) is 13.7 Å². The molecule has 1 atom stereocenters. The van der Waals surface area contributed by atoms with E-state index in [1.165, 1.54) is 0 Å². The highest BCUT2D eigenvalue weighted by atomic mass is 28.4. The molecule has 0 aliphatic carbocycles. The van der Waals surface area contributed by atoms with Crippen molar-refractivity contribution in [3.63, 3.8) is 0 Å². The van der Waals surface area contributed by atoms with Gasteiger partial charge in [0.2, 0.25) is 0 Å². The van der Waals surface area contributed by atoms with Crippen molar-refractivity contribution < 1.29 is 8.85 Å². The monoisotopic (exact) mass is 176 g/mol. The van der Waals surface area contributed by atoms with Crippen LogP contribution in [0.15, 0.2) is 0 Å². The molecule has 0 amide bonds. The molecule has 1 unspecified atom stereocenters. The van der Waals surface area contributed by atoms with Gasteiger partial charge in [0.25, 0.3) is 0 Å². The molecule has 0 rings (SSSR count). The van der Waals surface area contributed by atoms with Gasteiger partial charge in [0.15, 0.2) is 0 Å². The van der Waals surface area contributed by atoms with Crippen LogP contribution in [0.2, 0.25) is 11.6 Å². The zero-order valence-corrected chi connectivity index (χ0v) is 9.52. The Morgan fingerprint density at radius 3 is 1.82 bits per heavy atom. The first-order valence-corrected chi connectivity index (χ1v) is 6.38. The first-order valence-electron chi connectivity index (χ1n) is 4.06. The predicted octanol–water partition coefficient (Wildman–Crippen LogP) is 2.54. The molecule has 0 saturated carbocycles. The number of hydrogen-bond acceptors (Lipinski definition) is 2. The molecular formula is C8H20O2Si. The van der Waals surface area contributed by atoms with Crippen LogP contribution in [0.25, 0.3) is 0 Å². The lowest BCUT2D eigenvalue weighted by Gasteiger charge is -2.36. The fraction of sp³-hybridized carbons (Fsp3) is 1.00. The Kier molecular flexibility index (Phi) is 3.74. The second-order valence-corrected chi connectivity index (χ2v) is 7.92. The van der Waals surface area contributed by atoms with Crippen LogP contribution >= 0.6 is 0 Å². The van der Waals surface area contributed by atoms with Gasteiger partial charge in [-0.1, -0.05) is 20.8 Å². The molecule has 3 heteroatoms. The lowest BCUT2D eigenvalue weighted by Crippen LogP contribution is -2.46. The van der Waals surface area contributed by atoms with Gasteiger partial charge < -0.3 is 8.85 Å². The summed E-state index contributed by atoms with van der Waals surface area (Å²) in [6, 6.07) is 0. The van der Waals surface area contributed by atoms with Crippen molar-refractivity contribution in [1.29, 1.82) is 0 Å². The predicted molar refractivity (Wildman–Crippen MR) is 50.0 cm³/mol. The van der Waals surface area contributed by atoms with Crippen LogP contribution in [0.4, 0.5) is 0 Å². The Labute approximate surface area is 71.1 Å². The van der Waals surface area contributed by atoms with Gasteiger partial charge in [-0.3, -0.25) is 0 Å². The molecule has 0 spiro atoms. The van der Waals surface area contributed by atoms with Gasteiger partial charge in [0.1, 0.15) is 0 Å². The first-order chi connectivity index (χ1) is 4.87. The van der Waals surface area contributed by atoms with Crippen molar-refractivity contribution in [3.05, 3.63) is 0 Å². The molecule has 0 aromatic rings. The van der Waals surface area contributed by atoms with Crippen molar-refractivity contribution >= 4 is 8.56 Å². The van der Waals surface area contributed by atoms with E-state index in [1.54, 1.807) is 7.11 Å². The summed E-state index contributed by atoms with van der Waals surface area (Å²) in [5.41, 5.74) is 0. The van der Waals surface area contributed by atoms with Gasteiger partial charge in [0, 0.05) is 18.8 Å². The molecule has 0 saturated heterocycles. The quantitative estimate of drug-likeness (QED) is 0.615. The molecule has 0 aliphatic heterocycles. The van der Waals surface area contributed by atoms with Crippen LogP contribution in [0.5, 0.6) is 0 Å². The number of hydrogen-bond donors (Lipinski definition) is 0. The van der Waals surface area contributed by atoms with Crippen LogP contribution in [-0.2, 0) is 8.85 Å². The summed E-state index contributed by atoms with van der Waals surface area (Å²) in [4.78, 5) is 0. The standard InChI is InChI=1S/C8H20O2Si/c1-7-10-11(6,9-5)8(2,3)4/h7H2,1-6H3. The largest absolute Gasteiger partial charge is 0.397 e. The minimum atomic E-state index is -1.92. The molecule has 0 fully saturated rings. The third kappa shape index (κ3) is 2.58. The van der Waals surface area contributed by atoms with E-state index in [0.717, 1.165) is 6.61 Å². The maximum Gasteiger partial charge on any atom is 0.340 e. The highest BCUT2D eigenvalue weighted by molar-refractivity contribution is 6.69. The van der Waals surface area contributed by atoms with Gasteiger partial charge in [0.05, 0.1) is 0 Å². The Morgan fingerprint density at radius 2 is 1.73 bits per heavy atom. The third-order valence-electron chi connectivity index (χ3n) is 2.17. The van der Waals surface area contributed by atoms with Gasteiger partial charge >= 0.3 is 8.56 Å². The molecule has 2 nitrogen and oxygen atoms in total. The first kappa shape index (κ1) is 11.1. The number of rotatable bonds is 3. The fourth-order valence-corrected chi connectivity index (χ4v) is 2.57. The van der Waals surface area contributed by atoms with E-state index >= 15 is 0 Å². The van der Waals surface area contributed by atoms with E-state index in [-0.39, 0.29) is 5.04 Å². The molecular weight excluding hydrogens is 156 g/mol. The van der Waals surface area contributed by atoms with Crippen LogP contribution < -0.4 is 0 Å². The molecule has 0 radical (unpaired) electrons. The summed E-state index contributed by atoms with van der Waals surface area (Å²) >= 11 is 0. The van der Waals surface area contributed by atoms with Crippen molar-refractivity contribution in [2.45, 2.75) is 39.3 Å². The van der Waals surface area contributed by atoms with Crippen molar-refractivity contribution in [1.82, 2.24) is 0 Å². The molecule has 0 heterocycles. The van der Waals surface area contributed by atoms with E-state index in [1.807, 2.05) is 6.92 Å². The lowest BCUT2D eigenvalue weighted by atomic mass is 10.3. The molecule has 0 bridgehead atoms. The molecule has 68 valence electrons. The van der Waals surface area contributed by atoms with E-state index in [2.05, 4.69) is 27.3 Å². The Balaban J connectivity index is 4.33. The molecule has 0 aromatic heterocycles. The van der Waals surface area contributed by atoms with E-state index < -0.39 is 8.56 Å². The van der Waals surface area contributed by atoms with E-state index in [9.17, 15) is 0 Å². The molecule has 11 heavy (non-hydrogen) atoms. The van der Waals surface area contributed by atoms with Crippen molar-refractivity contribution in [2.24, 2.45) is 0 Å². The third-order valence-corrected chi connectivity index (χ3v) is 6.51. The Morgan fingerprint density at radius 1 is 1.27 bits per heavy atom. The lowest BCUT2D eigenvalue weighted by molar-refractivity contribution is 0.191. The second kappa shape index (κ2) is 3.69. The van der Waals surface area contributed by atoms with E-state index in [4.69, 9.17) is 8.85 Å². The van der Waals surface area contributed by atoms with Crippen LogP contribution in [-0.4, -0.2) is 22.3 Å². The van der Waals surface area contributed by atoms with Crippen LogP contribution in [0.3, 0.4) is 0 Å². The maximum atomic E-state index is 5.66. The van der Waals surface area contributed by atoms with Crippen LogP contribution in [0.1, 0.15) is 27.7 Å². The molecule has 0 aliphatic rings. The Bertz CT molecular complexity index is 120. The molecule has 0 N–H and O–H groups in total. The fourth-order valence-electron chi connectivity index (χ4n) is 0.857. The highest BCUT2D eigenvalue weighted by Crippen LogP contribution is 2.36. The Hall–Kier alpha value is 0.137. The zero-order valence-electron chi connectivity index (χ0n) is 8.52. The van der Waals surface area contributed by atoms with Gasteiger partial charge in [-0.15, -0.1) is 0 Å². The smallest absolute Gasteiger partial charge is 0.340 e. The summed E-state index contributed by atoms with van der Waals surface area (Å²) in [5.74, 6) is 0. The summed E-state index contributed by atoms with van der Waals surface area (Å²) < 4.78 is 11.1. The van der Waals surface area contributed by atoms with Gasteiger partial charge in [-0.05, 0) is 13.5 Å².